The summed E-state index contributed by atoms with van der Waals surface area (Å²) in [4.78, 5) is 4.97. The molecular weight excluding hydrogens is 745 g/mol. The topological polar surface area (TPSA) is 18.5 Å². The first-order valence-electron chi connectivity index (χ1n) is 19.6. The zero-order valence-corrected chi connectivity index (χ0v) is 33.2. The van der Waals surface area contributed by atoms with Crippen molar-refractivity contribution in [2.24, 2.45) is 0 Å². The predicted octanol–water partition coefficient (Wildman–Crippen LogP) is 15.4. The summed E-state index contributed by atoms with van der Waals surface area (Å²) in [5.41, 5.74) is 6.95. The number of ether oxygens (including phenoxy) is 2. The fourth-order valence-electron chi connectivity index (χ4n) is 8.46. The third-order valence-electron chi connectivity index (χ3n) is 11.2. The Balaban J connectivity index is 0.924. The van der Waals surface area contributed by atoms with E-state index >= 15 is 0 Å². The third kappa shape index (κ3) is 6.17. The average molecular weight is 781 g/mol. The molecule has 0 fully saturated rings. The van der Waals surface area contributed by atoms with Gasteiger partial charge in [-0.05, 0) is 78.5 Å². The fraction of sp³-hybridized carbons (Fsp3) is 0.0370. The average Bonchev–Trinajstić information content (AvgIpc) is 3.28. The summed E-state index contributed by atoms with van der Waals surface area (Å²) >= 11 is 3.66. The zero-order chi connectivity index (χ0) is 38.4. The molecule has 0 unspecified atom stereocenters. The summed E-state index contributed by atoms with van der Waals surface area (Å²) in [6, 6.07) is 69.3. The highest BCUT2D eigenvalue weighted by molar-refractivity contribution is 8.05. The molecule has 0 bridgehead atoms. The second-order valence-corrected chi connectivity index (χ2v) is 16.7. The van der Waals surface area contributed by atoms with Gasteiger partial charge in [-0.1, -0.05) is 193 Å². The Morgan fingerprint density at radius 3 is 1.16 bits per heavy atom. The predicted molar refractivity (Wildman–Crippen MR) is 244 cm³/mol. The lowest BCUT2D eigenvalue weighted by molar-refractivity contribution is 0.303. The van der Waals surface area contributed by atoms with E-state index in [0.717, 1.165) is 22.6 Å². The van der Waals surface area contributed by atoms with Gasteiger partial charge in [0.1, 0.15) is 24.7 Å². The lowest BCUT2D eigenvalue weighted by Gasteiger charge is -2.24. The number of rotatable bonds is 8. The highest BCUT2D eigenvalue weighted by Gasteiger charge is 2.24. The highest BCUT2D eigenvalue weighted by atomic mass is 32.2. The van der Waals surface area contributed by atoms with E-state index in [2.05, 4.69) is 194 Å². The van der Waals surface area contributed by atoms with Crippen LogP contribution >= 0.6 is 23.5 Å². The van der Waals surface area contributed by atoms with E-state index in [-0.39, 0.29) is 0 Å². The van der Waals surface area contributed by atoms with Gasteiger partial charge in [-0.3, -0.25) is 0 Å². The van der Waals surface area contributed by atoms with Crippen molar-refractivity contribution in [1.82, 2.24) is 0 Å². The van der Waals surface area contributed by atoms with Crippen molar-refractivity contribution in [3.05, 3.63) is 205 Å². The monoisotopic (exact) mass is 780 g/mol. The molecule has 11 rings (SSSR count). The van der Waals surface area contributed by atoms with E-state index in [1.807, 2.05) is 23.5 Å². The van der Waals surface area contributed by atoms with Crippen LogP contribution in [0.1, 0.15) is 11.1 Å². The number of hydrogen-bond donors (Lipinski definition) is 0. The van der Waals surface area contributed by atoms with Gasteiger partial charge >= 0.3 is 0 Å². The highest BCUT2D eigenvalue weighted by Crippen LogP contribution is 2.52. The molecule has 0 aromatic heterocycles. The molecule has 10 aromatic rings. The molecule has 0 aliphatic carbocycles. The van der Waals surface area contributed by atoms with E-state index in [1.54, 1.807) is 0 Å². The standard InChI is InChI=1S/C54H36O2S2/c1-5-21-41-35(13-1)17-9-25-45(41)51-43-23-7-3-15-37(43)29-31-47(51)55-33-39-19-11-27-49-53(39)58-54-40(20-12-28-50(54)57-49)34-56-48-32-30-38-16-4-8-24-44(38)52(48)46-26-10-18-36-14-2-6-22-42(36)46/h1-32H,33-34H2. The molecule has 2 nitrogen and oxygen atoms in total. The van der Waals surface area contributed by atoms with E-state index in [4.69, 9.17) is 9.47 Å². The van der Waals surface area contributed by atoms with Crippen LogP contribution in [0.3, 0.4) is 0 Å². The minimum atomic E-state index is 0.451. The summed E-state index contributed by atoms with van der Waals surface area (Å²) in [6.45, 7) is 0.901. The smallest absolute Gasteiger partial charge is 0.128 e. The molecule has 1 aliphatic heterocycles. The Bertz CT molecular complexity index is 2980. The Hall–Kier alpha value is -6.46. The van der Waals surface area contributed by atoms with Crippen LogP contribution < -0.4 is 9.47 Å². The summed E-state index contributed by atoms with van der Waals surface area (Å²) in [5, 5.41) is 9.63. The van der Waals surface area contributed by atoms with Gasteiger partial charge in [0.05, 0.1) is 0 Å². The number of hydrogen-bond acceptors (Lipinski definition) is 4. The molecule has 1 heterocycles. The molecule has 0 saturated carbocycles. The minimum Gasteiger partial charge on any atom is -0.488 e. The van der Waals surface area contributed by atoms with Crippen LogP contribution in [-0.4, -0.2) is 0 Å². The SMILES string of the molecule is c1cc(COc2ccc3ccccc3c2-c2cccc3ccccc23)c2c(c1)Sc1cccc(COc3ccc4ccccc4c3-c3cccc4ccccc34)c1S2. The summed E-state index contributed by atoms with van der Waals surface area (Å²) in [6.07, 6.45) is 0. The second kappa shape index (κ2) is 14.8. The zero-order valence-electron chi connectivity index (χ0n) is 31.5. The molecule has 58 heavy (non-hydrogen) atoms. The molecule has 1 aliphatic rings. The van der Waals surface area contributed by atoms with Crippen molar-refractivity contribution in [1.29, 1.82) is 0 Å². The molecule has 0 radical (unpaired) electrons. The summed E-state index contributed by atoms with van der Waals surface area (Å²) in [7, 11) is 0. The lowest BCUT2D eigenvalue weighted by atomic mass is 9.93. The molecular formula is C54H36O2S2. The van der Waals surface area contributed by atoms with Crippen LogP contribution in [0.4, 0.5) is 0 Å². The molecule has 0 amide bonds. The van der Waals surface area contributed by atoms with Crippen LogP contribution in [0, 0.1) is 0 Å². The first kappa shape index (κ1) is 34.8. The lowest BCUT2D eigenvalue weighted by Crippen LogP contribution is -2.04. The van der Waals surface area contributed by atoms with Crippen LogP contribution in [0.25, 0.3) is 65.3 Å². The van der Waals surface area contributed by atoms with Crippen molar-refractivity contribution in [3.63, 3.8) is 0 Å². The first-order chi connectivity index (χ1) is 28.8. The van der Waals surface area contributed by atoms with Crippen molar-refractivity contribution in [3.8, 4) is 33.8 Å². The second-order valence-electron chi connectivity index (χ2n) is 14.6. The van der Waals surface area contributed by atoms with Crippen molar-refractivity contribution < 1.29 is 9.47 Å². The molecule has 0 saturated heterocycles. The third-order valence-corrected chi connectivity index (χ3v) is 14.0. The van der Waals surface area contributed by atoms with E-state index in [9.17, 15) is 0 Å². The maximum absolute atomic E-state index is 6.90. The van der Waals surface area contributed by atoms with E-state index < -0.39 is 0 Å². The van der Waals surface area contributed by atoms with Gasteiger partial charge in [-0.15, -0.1) is 0 Å². The van der Waals surface area contributed by atoms with Gasteiger partial charge in [-0.25, -0.2) is 0 Å². The fourth-order valence-corrected chi connectivity index (χ4v) is 11.0. The van der Waals surface area contributed by atoms with Crippen molar-refractivity contribution in [2.45, 2.75) is 32.8 Å². The Labute approximate surface area is 346 Å². The Morgan fingerprint density at radius 2 is 0.690 bits per heavy atom. The Morgan fingerprint density at radius 1 is 0.310 bits per heavy atom. The van der Waals surface area contributed by atoms with E-state index in [0.29, 0.717) is 13.2 Å². The molecule has 0 N–H and O–H groups in total. The summed E-state index contributed by atoms with van der Waals surface area (Å²) in [5.74, 6) is 1.76. The van der Waals surface area contributed by atoms with Gasteiger partial charge in [0.15, 0.2) is 0 Å². The van der Waals surface area contributed by atoms with Crippen LogP contribution in [0.5, 0.6) is 11.5 Å². The van der Waals surface area contributed by atoms with Gasteiger partial charge in [0.25, 0.3) is 0 Å². The van der Waals surface area contributed by atoms with Gasteiger partial charge in [0, 0.05) is 41.8 Å². The number of benzene rings is 10. The first-order valence-corrected chi connectivity index (χ1v) is 21.2. The van der Waals surface area contributed by atoms with Gasteiger partial charge in [0.2, 0.25) is 0 Å². The van der Waals surface area contributed by atoms with Gasteiger partial charge < -0.3 is 9.47 Å². The maximum Gasteiger partial charge on any atom is 0.128 e. The molecule has 276 valence electrons. The van der Waals surface area contributed by atoms with E-state index in [1.165, 1.54) is 84.9 Å². The van der Waals surface area contributed by atoms with Crippen LogP contribution in [0.15, 0.2) is 214 Å². The molecule has 0 atom stereocenters. The largest absolute Gasteiger partial charge is 0.488 e. The minimum absolute atomic E-state index is 0.451. The molecule has 4 heteroatoms. The van der Waals surface area contributed by atoms with Crippen molar-refractivity contribution in [2.75, 3.05) is 0 Å². The Kier molecular flexibility index (Phi) is 8.87. The molecule has 10 aromatic carbocycles. The molecule has 0 spiro atoms. The van der Waals surface area contributed by atoms with Crippen molar-refractivity contribution >= 4 is 66.6 Å². The number of fused-ring (bicyclic) bond motifs is 6. The maximum atomic E-state index is 6.90. The van der Waals surface area contributed by atoms with Crippen LogP contribution in [-0.2, 0) is 13.2 Å². The quantitative estimate of drug-likeness (QED) is 0.153. The van der Waals surface area contributed by atoms with Crippen LogP contribution in [0.2, 0.25) is 0 Å². The van der Waals surface area contributed by atoms with Gasteiger partial charge in [-0.2, -0.15) is 0 Å². The summed E-state index contributed by atoms with van der Waals surface area (Å²) < 4.78 is 13.8. The normalized spacial score (nSPS) is 12.1.